The standard InChI is InChI=1S/C25H26ClNO4S2/c26-19-4-1-3-18(13-19)21-5-2-9-27(21)25(31)24(30)23(29)22(28)7-6-20-12-17(15-33-20)11-16-8-10-32-14-16/h1,3-4,8,10,12-15,21,23-24,29-30H,2,5-7,9,11H2/t21-,23+,24-/m1/s1. The fourth-order valence-corrected chi connectivity index (χ4v) is 6.01. The number of carbonyl (C=O) groups is 2. The topological polar surface area (TPSA) is 77.8 Å². The van der Waals surface area contributed by atoms with Gasteiger partial charge in [0.15, 0.2) is 11.9 Å². The van der Waals surface area contributed by atoms with Crippen molar-refractivity contribution in [3.05, 3.63) is 79.1 Å². The molecule has 0 aliphatic carbocycles. The van der Waals surface area contributed by atoms with Crippen molar-refractivity contribution in [1.29, 1.82) is 0 Å². The Kier molecular flexibility index (Phi) is 7.98. The summed E-state index contributed by atoms with van der Waals surface area (Å²) in [5, 5.41) is 27.7. The second kappa shape index (κ2) is 10.9. The zero-order valence-corrected chi connectivity index (χ0v) is 20.4. The Bertz CT molecular complexity index is 1100. The number of halogens is 1. The summed E-state index contributed by atoms with van der Waals surface area (Å²) in [6, 6.07) is 11.2. The van der Waals surface area contributed by atoms with Gasteiger partial charge in [0.25, 0.3) is 5.91 Å². The number of Topliss-reactive ketones (excluding diaryl/α,β-unsaturated/α-hetero) is 1. The maximum Gasteiger partial charge on any atom is 0.255 e. The van der Waals surface area contributed by atoms with Crippen molar-refractivity contribution in [2.24, 2.45) is 0 Å². The molecule has 1 saturated heterocycles. The van der Waals surface area contributed by atoms with Crippen LogP contribution in [0.4, 0.5) is 0 Å². The highest BCUT2D eigenvalue weighted by Gasteiger charge is 2.38. The molecule has 0 unspecified atom stereocenters. The predicted molar refractivity (Wildman–Crippen MR) is 132 cm³/mol. The number of amides is 1. The van der Waals surface area contributed by atoms with Crippen molar-refractivity contribution >= 4 is 46.0 Å². The summed E-state index contributed by atoms with van der Waals surface area (Å²) in [6.45, 7) is 0.468. The van der Waals surface area contributed by atoms with E-state index in [4.69, 9.17) is 11.6 Å². The van der Waals surface area contributed by atoms with Gasteiger partial charge in [-0.05, 0) is 82.8 Å². The molecule has 0 saturated carbocycles. The lowest BCUT2D eigenvalue weighted by Crippen LogP contribution is -2.47. The number of hydrogen-bond donors (Lipinski definition) is 2. The summed E-state index contributed by atoms with van der Waals surface area (Å²) in [6.07, 6.45) is -0.575. The monoisotopic (exact) mass is 503 g/mol. The highest BCUT2D eigenvalue weighted by atomic mass is 35.5. The number of aryl methyl sites for hydroxylation is 1. The summed E-state index contributed by atoms with van der Waals surface area (Å²) >= 11 is 9.34. The molecule has 8 heteroatoms. The molecule has 3 atom stereocenters. The van der Waals surface area contributed by atoms with Gasteiger partial charge in [0.05, 0.1) is 6.04 Å². The van der Waals surface area contributed by atoms with E-state index in [-0.39, 0.29) is 12.5 Å². The number of aliphatic hydroxyl groups is 2. The third-order valence-corrected chi connectivity index (χ3v) is 7.98. The summed E-state index contributed by atoms with van der Waals surface area (Å²) < 4.78 is 0. The molecule has 1 fully saturated rings. The van der Waals surface area contributed by atoms with E-state index in [0.717, 1.165) is 29.7 Å². The van der Waals surface area contributed by atoms with Gasteiger partial charge >= 0.3 is 0 Å². The molecular formula is C25H26ClNO4S2. The Labute approximate surface area is 206 Å². The Morgan fingerprint density at radius 2 is 1.97 bits per heavy atom. The highest BCUT2D eigenvalue weighted by Crippen LogP contribution is 2.33. The molecule has 0 radical (unpaired) electrons. The smallest absolute Gasteiger partial charge is 0.255 e. The molecule has 2 aromatic heterocycles. The Morgan fingerprint density at radius 1 is 1.12 bits per heavy atom. The molecule has 1 aliphatic rings. The number of nitrogens with zero attached hydrogens (tertiary/aromatic N) is 1. The van der Waals surface area contributed by atoms with Gasteiger partial charge in [-0.25, -0.2) is 0 Å². The Balaban J connectivity index is 1.32. The van der Waals surface area contributed by atoms with Gasteiger partial charge < -0.3 is 15.1 Å². The van der Waals surface area contributed by atoms with Gasteiger partial charge in [-0.3, -0.25) is 9.59 Å². The van der Waals surface area contributed by atoms with E-state index in [1.807, 2.05) is 12.1 Å². The quantitative estimate of drug-likeness (QED) is 0.446. The van der Waals surface area contributed by atoms with E-state index in [9.17, 15) is 19.8 Å². The van der Waals surface area contributed by atoms with E-state index >= 15 is 0 Å². The van der Waals surface area contributed by atoms with E-state index in [1.54, 1.807) is 39.7 Å². The minimum absolute atomic E-state index is 0.0711. The number of hydrogen-bond acceptors (Lipinski definition) is 6. The predicted octanol–water partition coefficient (Wildman–Crippen LogP) is 4.64. The van der Waals surface area contributed by atoms with E-state index < -0.39 is 23.9 Å². The van der Waals surface area contributed by atoms with E-state index in [0.29, 0.717) is 18.0 Å². The molecule has 1 aliphatic heterocycles. The first-order valence-corrected chi connectivity index (χ1v) is 13.1. The lowest BCUT2D eigenvalue weighted by atomic mass is 10.0. The molecular weight excluding hydrogens is 478 g/mol. The molecule has 174 valence electrons. The highest BCUT2D eigenvalue weighted by molar-refractivity contribution is 7.10. The second-order valence-corrected chi connectivity index (χ2v) is 10.5. The number of rotatable bonds is 9. The van der Waals surface area contributed by atoms with Crippen LogP contribution >= 0.6 is 34.3 Å². The van der Waals surface area contributed by atoms with E-state index in [1.165, 1.54) is 11.1 Å². The van der Waals surface area contributed by atoms with Crippen molar-refractivity contribution < 1.29 is 19.8 Å². The number of benzene rings is 1. The summed E-state index contributed by atoms with van der Waals surface area (Å²) in [7, 11) is 0. The van der Waals surface area contributed by atoms with Gasteiger partial charge in [-0.15, -0.1) is 11.3 Å². The number of carbonyl (C=O) groups excluding carboxylic acids is 2. The molecule has 1 amide bonds. The SMILES string of the molecule is O=C(CCc1cc(Cc2ccsc2)cs1)[C@H](O)[C@@H](O)C(=O)N1CCC[C@@H]1c1cccc(Cl)c1. The van der Waals surface area contributed by atoms with Gasteiger partial charge in [-0.2, -0.15) is 11.3 Å². The maximum atomic E-state index is 12.9. The Hall–Kier alpha value is -2.03. The van der Waals surface area contributed by atoms with Gasteiger partial charge in [0, 0.05) is 22.9 Å². The van der Waals surface area contributed by atoms with Crippen LogP contribution in [0.3, 0.4) is 0 Å². The summed E-state index contributed by atoms with van der Waals surface area (Å²) in [5.74, 6) is -1.14. The van der Waals surface area contributed by atoms with Crippen LogP contribution in [0.1, 0.15) is 46.9 Å². The first-order chi connectivity index (χ1) is 15.9. The zero-order valence-electron chi connectivity index (χ0n) is 18.0. The third kappa shape index (κ3) is 5.91. The first-order valence-electron chi connectivity index (χ1n) is 10.9. The van der Waals surface area contributed by atoms with Crippen molar-refractivity contribution in [3.63, 3.8) is 0 Å². The molecule has 5 nitrogen and oxygen atoms in total. The molecule has 0 spiro atoms. The first kappa shape index (κ1) is 24.1. The number of thiophene rings is 2. The number of ketones is 1. The van der Waals surface area contributed by atoms with Gasteiger partial charge in [0.2, 0.25) is 0 Å². The molecule has 0 bridgehead atoms. The molecule has 4 rings (SSSR count). The minimum atomic E-state index is -1.77. The number of aliphatic hydroxyl groups excluding tert-OH is 2. The second-order valence-electron chi connectivity index (χ2n) is 8.33. The van der Waals surface area contributed by atoms with Crippen LogP contribution in [0.15, 0.2) is 52.5 Å². The van der Waals surface area contributed by atoms with Crippen LogP contribution in [0, 0.1) is 0 Å². The van der Waals surface area contributed by atoms with Crippen LogP contribution in [0.5, 0.6) is 0 Å². The van der Waals surface area contributed by atoms with Crippen molar-refractivity contribution in [1.82, 2.24) is 4.90 Å². The van der Waals surface area contributed by atoms with Crippen molar-refractivity contribution in [3.8, 4) is 0 Å². The van der Waals surface area contributed by atoms with Crippen LogP contribution < -0.4 is 0 Å². The molecule has 1 aromatic carbocycles. The summed E-state index contributed by atoms with van der Waals surface area (Å²) in [4.78, 5) is 28.1. The lowest BCUT2D eigenvalue weighted by molar-refractivity contribution is -0.153. The third-order valence-electron chi connectivity index (χ3n) is 5.97. The molecule has 2 N–H and O–H groups in total. The average molecular weight is 504 g/mol. The fraction of sp³-hybridized carbons (Fsp3) is 0.360. The van der Waals surface area contributed by atoms with Gasteiger partial charge in [-0.1, -0.05) is 23.7 Å². The molecule has 3 aromatic rings. The Morgan fingerprint density at radius 3 is 2.73 bits per heavy atom. The van der Waals surface area contributed by atoms with E-state index in [2.05, 4.69) is 28.3 Å². The van der Waals surface area contributed by atoms with Crippen molar-refractivity contribution in [2.45, 2.75) is 50.4 Å². The van der Waals surface area contributed by atoms with Crippen LogP contribution in [0.2, 0.25) is 5.02 Å². The fourth-order valence-electron chi connectivity index (χ4n) is 4.25. The normalized spacial score (nSPS) is 17.8. The maximum absolute atomic E-state index is 12.9. The minimum Gasteiger partial charge on any atom is -0.382 e. The van der Waals surface area contributed by atoms with Crippen LogP contribution in [-0.2, 0) is 22.4 Å². The van der Waals surface area contributed by atoms with Crippen LogP contribution in [-0.4, -0.2) is 45.6 Å². The average Bonchev–Trinajstić information content (AvgIpc) is 3.58. The van der Waals surface area contributed by atoms with Gasteiger partial charge in [0.1, 0.15) is 6.10 Å². The molecule has 3 heterocycles. The number of likely N-dealkylation sites (tertiary alicyclic amines) is 1. The molecule has 33 heavy (non-hydrogen) atoms. The zero-order chi connectivity index (χ0) is 23.4. The van der Waals surface area contributed by atoms with Crippen LogP contribution in [0.25, 0.3) is 0 Å². The summed E-state index contributed by atoms with van der Waals surface area (Å²) in [5.41, 5.74) is 3.34. The van der Waals surface area contributed by atoms with Crippen molar-refractivity contribution in [2.75, 3.05) is 6.54 Å². The lowest BCUT2D eigenvalue weighted by Gasteiger charge is -2.28. The largest absolute Gasteiger partial charge is 0.382 e.